The summed E-state index contributed by atoms with van der Waals surface area (Å²) in [6, 6.07) is 14.3. The number of amides is 1. The van der Waals surface area contributed by atoms with Crippen LogP contribution >= 0.6 is 15.9 Å². The Balaban J connectivity index is 1.77. The molecule has 3 N–H and O–H groups in total. The van der Waals surface area contributed by atoms with E-state index in [9.17, 15) is 14.0 Å². The first-order chi connectivity index (χ1) is 13.5. The molecular weight excluding hydrogens is 429 g/mol. The van der Waals surface area contributed by atoms with E-state index >= 15 is 0 Å². The molecule has 0 aliphatic carbocycles. The summed E-state index contributed by atoms with van der Waals surface area (Å²) in [6.45, 7) is 0. The van der Waals surface area contributed by atoms with Crippen molar-refractivity contribution in [3.63, 3.8) is 0 Å². The third-order valence-electron chi connectivity index (χ3n) is 4.32. The quantitative estimate of drug-likeness (QED) is 0.284. The lowest BCUT2D eigenvalue weighted by atomic mass is 10.2. The van der Waals surface area contributed by atoms with Crippen LogP contribution in [-0.4, -0.2) is 16.4 Å². The van der Waals surface area contributed by atoms with Gasteiger partial charge in [0.1, 0.15) is 11.6 Å². The largest absolute Gasteiger partial charge is 0.451 e. The number of halogens is 2. The average molecular weight is 442 g/mol. The molecule has 4 aromatic rings. The Kier molecular flexibility index (Phi) is 4.58. The molecule has 28 heavy (non-hydrogen) atoms. The Hall–Kier alpha value is -3.23. The summed E-state index contributed by atoms with van der Waals surface area (Å²) in [5.74, 6) is 4.39. The average Bonchev–Trinajstić information content (AvgIpc) is 3.32. The minimum atomic E-state index is -0.502. The molecule has 140 valence electrons. The summed E-state index contributed by atoms with van der Waals surface area (Å²) in [6.07, 6.45) is 1.42. The van der Waals surface area contributed by atoms with Crippen LogP contribution in [0.2, 0.25) is 0 Å². The number of furan rings is 1. The number of nitrogens with zero attached hydrogens (tertiary/aromatic N) is 1. The zero-order valence-corrected chi connectivity index (χ0v) is 15.9. The van der Waals surface area contributed by atoms with Gasteiger partial charge in [0.25, 0.3) is 11.8 Å². The van der Waals surface area contributed by atoms with Gasteiger partial charge in [-0.3, -0.25) is 19.6 Å². The van der Waals surface area contributed by atoms with Gasteiger partial charge in [-0.15, -0.1) is 0 Å². The van der Waals surface area contributed by atoms with Crippen molar-refractivity contribution in [3.05, 3.63) is 82.4 Å². The van der Waals surface area contributed by atoms with Crippen molar-refractivity contribution in [1.29, 1.82) is 0 Å². The number of nitrogens with two attached hydrogens (primary N) is 1. The van der Waals surface area contributed by atoms with Gasteiger partial charge in [-0.25, -0.2) is 10.2 Å². The van der Waals surface area contributed by atoms with Gasteiger partial charge in [-0.1, -0.05) is 18.2 Å². The highest BCUT2D eigenvalue weighted by atomic mass is 79.9. The van der Waals surface area contributed by atoms with Crippen molar-refractivity contribution in [2.75, 3.05) is 0 Å². The van der Waals surface area contributed by atoms with Gasteiger partial charge in [-0.05, 0) is 52.3 Å². The highest BCUT2D eigenvalue weighted by molar-refractivity contribution is 9.10. The topological polar surface area (TPSA) is 90.3 Å². The number of carbonyl (C=O) groups is 2. The van der Waals surface area contributed by atoms with Crippen molar-refractivity contribution in [3.8, 4) is 11.3 Å². The molecule has 8 heteroatoms. The minimum absolute atomic E-state index is 0.0756. The normalized spacial score (nSPS) is 11.0. The van der Waals surface area contributed by atoms with E-state index in [0.717, 1.165) is 0 Å². The Morgan fingerprint density at radius 1 is 1.11 bits per heavy atom. The maximum absolute atomic E-state index is 13.3. The van der Waals surface area contributed by atoms with Crippen LogP contribution in [0.4, 0.5) is 4.39 Å². The van der Waals surface area contributed by atoms with E-state index in [0.29, 0.717) is 26.7 Å². The van der Waals surface area contributed by atoms with Gasteiger partial charge in [0.2, 0.25) is 0 Å². The predicted octanol–water partition coefficient (Wildman–Crippen LogP) is 4.09. The number of aromatic nitrogens is 1. The Morgan fingerprint density at radius 2 is 1.89 bits per heavy atom. The lowest BCUT2D eigenvalue weighted by molar-refractivity contribution is 0.0938. The molecule has 6 nitrogen and oxygen atoms in total. The third kappa shape index (κ3) is 3.02. The van der Waals surface area contributed by atoms with Crippen LogP contribution < -0.4 is 11.3 Å². The third-order valence-corrected chi connectivity index (χ3v) is 4.98. The van der Waals surface area contributed by atoms with Crippen LogP contribution in [0.15, 0.2) is 69.7 Å². The number of hydrogen-bond acceptors (Lipinski definition) is 4. The van der Waals surface area contributed by atoms with Crippen molar-refractivity contribution in [1.82, 2.24) is 9.99 Å². The van der Waals surface area contributed by atoms with Crippen LogP contribution in [0.25, 0.3) is 22.2 Å². The van der Waals surface area contributed by atoms with Gasteiger partial charge in [0.15, 0.2) is 5.76 Å². The number of nitrogens with one attached hydrogen (secondary N) is 1. The lowest BCUT2D eigenvalue weighted by Gasteiger charge is -2.03. The first kappa shape index (κ1) is 18.1. The molecule has 2 aromatic carbocycles. The predicted molar refractivity (Wildman–Crippen MR) is 105 cm³/mol. The van der Waals surface area contributed by atoms with Crippen LogP contribution in [0.5, 0.6) is 0 Å². The highest BCUT2D eigenvalue weighted by Gasteiger charge is 2.21. The van der Waals surface area contributed by atoms with Gasteiger partial charge < -0.3 is 4.42 Å². The summed E-state index contributed by atoms with van der Waals surface area (Å²) in [7, 11) is 0. The van der Waals surface area contributed by atoms with Crippen molar-refractivity contribution < 1.29 is 18.4 Å². The maximum Gasteiger partial charge on any atom is 0.298 e. The second kappa shape index (κ2) is 7.06. The van der Waals surface area contributed by atoms with E-state index in [-0.39, 0.29) is 17.1 Å². The van der Waals surface area contributed by atoms with Crippen LogP contribution in [-0.2, 0) is 0 Å². The van der Waals surface area contributed by atoms with Crippen molar-refractivity contribution >= 4 is 38.6 Å². The highest BCUT2D eigenvalue weighted by Crippen LogP contribution is 2.31. The van der Waals surface area contributed by atoms with Gasteiger partial charge >= 0.3 is 0 Å². The first-order valence-corrected chi connectivity index (χ1v) is 9.00. The number of fused-ring (bicyclic) bond motifs is 1. The molecule has 0 atom stereocenters. The summed E-state index contributed by atoms with van der Waals surface area (Å²) < 4.78 is 20.9. The standard InChI is InChI=1S/C20H13BrFN3O3/c21-15-9-11(22)5-6-13(15)17-7-8-18(28-17)20(27)25-10-14(19(26)24-23)12-3-1-2-4-16(12)25/h1-10H,23H2,(H,24,26). The van der Waals surface area contributed by atoms with Gasteiger partial charge in [-0.2, -0.15) is 0 Å². The first-order valence-electron chi connectivity index (χ1n) is 8.20. The number of hydrazine groups is 1. The smallest absolute Gasteiger partial charge is 0.298 e. The van der Waals surface area contributed by atoms with E-state index in [2.05, 4.69) is 21.4 Å². The van der Waals surface area contributed by atoms with E-state index in [4.69, 9.17) is 10.3 Å². The zero-order chi connectivity index (χ0) is 19.8. The fraction of sp³-hybridized carbons (Fsp3) is 0. The number of hydrogen-bond donors (Lipinski definition) is 2. The van der Waals surface area contributed by atoms with Crippen molar-refractivity contribution in [2.24, 2.45) is 5.84 Å². The molecule has 4 rings (SSSR count). The second-order valence-electron chi connectivity index (χ2n) is 6.00. The van der Waals surface area contributed by atoms with Crippen LogP contribution in [0, 0.1) is 5.82 Å². The lowest BCUT2D eigenvalue weighted by Crippen LogP contribution is -2.29. The molecule has 0 aliphatic heterocycles. The molecule has 0 saturated carbocycles. The van der Waals surface area contributed by atoms with E-state index in [1.165, 1.54) is 29.0 Å². The number of nitrogen functional groups attached to an aromatic ring is 1. The Bertz CT molecular complexity index is 1230. The molecule has 0 radical (unpaired) electrons. The van der Waals surface area contributed by atoms with E-state index in [1.807, 2.05) is 0 Å². The molecule has 0 fully saturated rings. The SMILES string of the molecule is NNC(=O)c1cn(C(=O)c2ccc(-c3ccc(F)cc3Br)o2)c2ccccc12. The number of para-hydroxylation sites is 1. The van der Waals surface area contributed by atoms with E-state index < -0.39 is 11.8 Å². The molecule has 0 bridgehead atoms. The van der Waals surface area contributed by atoms with Crippen LogP contribution in [0.1, 0.15) is 20.9 Å². The maximum atomic E-state index is 13.3. The summed E-state index contributed by atoms with van der Waals surface area (Å²) in [5, 5.41) is 0.590. The molecular formula is C20H13BrFN3O3. The Morgan fingerprint density at radius 3 is 2.64 bits per heavy atom. The Labute approximate surface area is 166 Å². The molecule has 2 heterocycles. The molecule has 1 amide bonds. The molecule has 0 spiro atoms. The zero-order valence-electron chi connectivity index (χ0n) is 14.3. The second-order valence-corrected chi connectivity index (χ2v) is 6.85. The number of rotatable bonds is 3. The van der Waals surface area contributed by atoms with Gasteiger partial charge in [0.05, 0.1) is 11.1 Å². The monoisotopic (exact) mass is 441 g/mol. The number of benzene rings is 2. The van der Waals surface area contributed by atoms with E-state index in [1.54, 1.807) is 36.4 Å². The fourth-order valence-electron chi connectivity index (χ4n) is 3.01. The fourth-order valence-corrected chi connectivity index (χ4v) is 3.56. The molecule has 0 saturated heterocycles. The molecule has 0 unspecified atom stereocenters. The van der Waals surface area contributed by atoms with Gasteiger partial charge in [0, 0.05) is 21.6 Å². The minimum Gasteiger partial charge on any atom is -0.451 e. The summed E-state index contributed by atoms with van der Waals surface area (Å²) in [4.78, 5) is 25.0. The van der Waals surface area contributed by atoms with Crippen molar-refractivity contribution in [2.45, 2.75) is 0 Å². The van der Waals surface area contributed by atoms with Crippen LogP contribution in [0.3, 0.4) is 0 Å². The molecule has 0 aliphatic rings. The number of carbonyl (C=O) groups excluding carboxylic acids is 2. The summed E-state index contributed by atoms with van der Waals surface area (Å²) >= 11 is 3.29. The molecule has 2 aromatic heterocycles. The summed E-state index contributed by atoms with van der Waals surface area (Å²) in [5.41, 5.74) is 3.52.